The average Bonchev–Trinajstić information content (AvgIpc) is 2.43. The van der Waals surface area contributed by atoms with Crippen LogP contribution >= 0.6 is 0 Å². The van der Waals surface area contributed by atoms with Gasteiger partial charge in [-0.25, -0.2) is 0 Å². The molecule has 0 fully saturated rings. The number of hydrogen-bond donors (Lipinski definition) is 2. The second-order valence-corrected chi connectivity index (χ2v) is 5.31. The fourth-order valence-corrected chi connectivity index (χ4v) is 2.12. The van der Waals surface area contributed by atoms with Crippen LogP contribution in [0.1, 0.15) is 25.0 Å². The second kappa shape index (κ2) is 8.55. The van der Waals surface area contributed by atoms with E-state index in [0.717, 1.165) is 30.8 Å². The highest BCUT2D eigenvalue weighted by Crippen LogP contribution is 2.10. The Balaban J connectivity index is 2.76. The fourth-order valence-electron chi connectivity index (χ4n) is 2.12. The lowest BCUT2D eigenvalue weighted by Crippen LogP contribution is -2.30. The lowest BCUT2D eigenvalue weighted by atomic mass is 10.1. The number of oxime groups is 1. The average molecular weight is 279 g/mol. The van der Waals surface area contributed by atoms with E-state index in [-0.39, 0.29) is 5.84 Å². The molecule has 0 spiro atoms. The van der Waals surface area contributed by atoms with Crippen molar-refractivity contribution in [1.82, 2.24) is 4.90 Å². The van der Waals surface area contributed by atoms with E-state index in [1.807, 2.05) is 24.3 Å². The normalized spacial score (nSPS) is 12.3. The molecule has 0 aliphatic heterocycles. The minimum absolute atomic E-state index is 0.138. The van der Waals surface area contributed by atoms with Crippen molar-refractivity contribution in [1.29, 1.82) is 0 Å². The summed E-state index contributed by atoms with van der Waals surface area (Å²) in [5.41, 5.74) is 7.50. The maximum atomic E-state index is 8.73. The van der Waals surface area contributed by atoms with Gasteiger partial charge in [-0.2, -0.15) is 0 Å². The predicted octanol–water partition coefficient (Wildman–Crippen LogP) is 1.89. The quantitative estimate of drug-likeness (QED) is 0.330. The molecule has 112 valence electrons. The third-order valence-electron chi connectivity index (χ3n) is 2.97. The Bertz CT molecular complexity index is 433. The molecule has 0 bridgehead atoms. The van der Waals surface area contributed by atoms with Crippen LogP contribution in [0.5, 0.6) is 0 Å². The standard InChI is InChI=1S/C15H25N3O2/c1-12(2)10-18(7-8-20-3)11-13-5-4-6-14(9-13)15(16)17-19/h4-6,9,12,19H,7-8,10-11H2,1-3H3,(H2,16,17). The molecule has 0 atom stereocenters. The van der Waals surface area contributed by atoms with Crippen molar-refractivity contribution >= 4 is 5.84 Å². The Morgan fingerprint density at radius 3 is 2.80 bits per heavy atom. The van der Waals surface area contributed by atoms with Gasteiger partial charge in [0.25, 0.3) is 0 Å². The Kier molecular flexibility index (Phi) is 7.04. The number of rotatable bonds is 8. The largest absolute Gasteiger partial charge is 0.409 e. The molecule has 0 heterocycles. The molecule has 1 aromatic carbocycles. The molecule has 0 amide bonds. The maximum Gasteiger partial charge on any atom is 0.170 e. The highest BCUT2D eigenvalue weighted by atomic mass is 16.5. The molecule has 1 aromatic rings. The van der Waals surface area contributed by atoms with Crippen molar-refractivity contribution < 1.29 is 9.94 Å². The molecular weight excluding hydrogens is 254 g/mol. The number of nitrogens with zero attached hydrogens (tertiary/aromatic N) is 2. The van der Waals surface area contributed by atoms with Crippen LogP contribution in [-0.2, 0) is 11.3 Å². The first-order chi connectivity index (χ1) is 9.56. The lowest BCUT2D eigenvalue weighted by molar-refractivity contribution is 0.136. The monoisotopic (exact) mass is 279 g/mol. The van der Waals surface area contributed by atoms with Crippen molar-refractivity contribution in [2.75, 3.05) is 26.8 Å². The van der Waals surface area contributed by atoms with Crippen LogP contribution in [0, 0.1) is 5.92 Å². The highest BCUT2D eigenvalue weighted by Gasteiger charge is 2.09. The van der Waals surface area contributed by atoms with E-state index >= 15 is 0 Å². The molecular formula is C15H25N3O2. The van der Waals surface area contributed by atoms with E-state index in [9.17, 15) is 0 Å². The van der Waals surface area contributed by atoms with Crippen molar-refractivity contribution in [2.24, 2.45) is 16.8 Å². The van der Waals surface area contributed by atoms with Crippen LogP contribution in [0.15, 0.2) is 29.4 Å². The molecule has 5 heteroatoms. The van der Waals surface area contributed by atoms with Gasteiger partial charge in [0, 0.05) is 32.3 Å². The fraction of sp³-hybridized carbons (Fsp3) is 0.533. The summed E-state index contributed by atoms with van der Waals surface area (Å²) < 4.78 is 5.16. The summed E-state index contributed by atoms with van der Waals surface area (Å²) in [4.78, 5) is 2.35. The topological polar surface area (TPSA) is 71.1 Å². The van der Waals surface area contributed by atoms with Gasteiger partial charge in [0.05, 0.1) is 6.61 Å². The van der Waals surface area contributed by atoms with Gasteiger partial charge >= 0.3 is 0 Å². The Hall–Kier alpha value is -1.59. The Labute approximate surface area is 121 Å². The highest BCUT2D eigenvalue weighted by molar-refractivity contribution is 5.97. The summed E-state index contributed by atoms with van der Waals surface area (Å²) in [6.45, 7) is 7.85. The summed E-state index contributed by atoms with van der Waals surface area (Å²) in [7, 11) is 1.71. The minimum atomic E-state index is 0.138. The van der Waals surface area contributed by atoms with Crippen molar-refractivity contribution in [3.8, 4) is 0 Å². The van der Waals surface area contributed by atoms with Gasteiger partial charge in [-0.15, -0.1) is 0 Å². The van der Waals surface area contributed by atoms with Crippen LogP contribution < -0.4 is 5.73 Å². The smallest absolute Gasteiger partial charge is 0.170 e. The van der Waals surface area contributed by atoms with Gasteiger partial charge in [-0.3, -0.25) is 4.90 Å². The van der Waals surface area contributed by atoms with Crippen LogP contribution in [0.3, 0.4) is 0 Å². The molecule has 0 aliphatic carbocycles. The summed E-state index contributed by atoms with van der Waals surface area (Å²) in [5, 5.41) is 11.8. The minimum Gasteiger partial charge on any atom is -0.409 e. The van der Waals surface area contributed by atoms with E-state index in [0.29, 0.717) is 12.5 Å². The summed E-state index contributed by atoms with van der Waals surface area (Å²) in [6.07, 6.45) is 0. The molecule has 0 saturated heterocycles. The van der Waals surface area contributed by atoms with Crippen molar-refractivity contribution in [3.63, 3.8) is 0 Å². The number of hydrogen-bond acceptors (Lipinski definition) is 4. The Morgan fingerprint density at radius 2 is 2.20 bits per heavy atom. The number of nitrogens with two attached hydrogens (primary N) is 1. The molecule has 0 aliphatic rings. The molecule has 0 radical (unpaired) electrons. The van der Waals surface area contributed by atoms with E-state index < -0.39 is 0 Å². The SMILES string of the molecule is COCCN(Cc1cccc(C(N)=NO)c1)CC(C)C. The van der Waals surface area contributed by atoms with E-state index in [4.69, 9.17) is 15.7 Å². The van der Waals surface area contributed by atoms with Gasteiger partial charge in [0.1, 0.15) is 0 Å². The van der Waals surface area contributed by atoms with E-state index in [1.54, 1.807) is 7.11 Å². The first-order valence-corrected chi connectivity index (χ1v) is 6.85. The van der Waals surface area contributed by atoms with Gasteiger partial charge in [-0.05, 0) is 17.5 Å². The van der Waals surface area contributed by atoms with Gasteiger partial charge in [-0.1, -0.05) is 37.2 Å². The third kappa shape index (κ3) is 5.59. The number of amidine groups is 1. The number of benzene rings is 1. The number of ether oxygens (including phenoxy) is 1. The summed E-state index contributed by atoms with van der Waals surface area (Å²) in [5.74, 6) is 0.735. The van der Waals surface area contributed by atoms with Gasteiger partial charge < -0.3 is 15.7 Å². The summed E-state index contributed by atoms with van der Waals surface area (Å²) >= 11 is 0. The van der Waals surface area contributed by atoms with Crippen molar-refractivity contribution in [2.45, 2.75) is 20.4 Å². The summed E-state index contributed by atoms with van der Waals surface area (Å²) in [6, 6.07) is 7.76. The zero-order chi connectivity index (χ0) is 15.0. The number of methoxy groups -OCH3 is 1. The zero-order valence-corrected chi connectivity index (χ0v) is 12.5. The molecule has 3 N–H and O–H groups in total. The van der Waals surface area contributed by atoms with Crippen LogP contribution in [-0.4, -0.2) is 42.7 Å². The first kappa shape index (κ1) is 16.5. The van der Waals surface area contributed by atoms with Crippen LogP contribution in [0.25, 0.3) is 0 Å². The van der Waals surface area contributed by atoms with Gasteiger partial charge in [0.2, 0.25) is 0 Å². The van der Waals surface area contributed by atoms with Gasteiger partial charge in [0.15, 0.2) is 5.84 Å². The molecule has 0 aromatic heterocycles. The van der Waals surface area contributed by atoms with Crippen LogP contribution in [0.4, 0.5) is 0 Å². The molecule has 0 unspecified atom stereocenters. The third-order valence-corrected chi connectivity index (χ3v) is 2.97. The molecule has 0 saturated carbocycles. The Morgan fingerprint density at radius 1 is 1.45 bits per heavy atom. The molecule has 20 heavy (non-hydrogen) atoms. The second-order valence-electron chi connectivity index (χ2n) is 5.31. The van der Waals surface area contributed by atoms with E-state index in [2.05, 4.69) is 23.9 Å². The lowest BCUT2D eigenvalue weighted by Gasteiger charge is -2.24. The molecule has 1 rings (SSSR count). The molecule has 5 nitrogen and oxygen atoms in total. The van der Waals surface area contributed by atoms with Crippen molar-refractivity contribution in [3.05, 3.63) is 35.4 Å². The predicted molar refractivity (Wildman–Crippen MR) is 80.9 cm³/mol. The zero-order valence-electron chi connectivity index (χ0n) is 12.5. The van der Waals surface area contributed by atoms with E-state index in [1.165, 1.54) is 0 Å². The van der Waals surface area contributed by atoms with Crippen LogP contribution in [0.2, 0.25) is 0 Å². The maximum absolute atomic E-state index is 8.73. The first-order valence-electron chi connectivity index (χ1n) is 6.85.